The van der Waals surface area contributed by atoms with Crippen molar-refractivity contribution in [3.63, 3.8) is 0 Å². The van der Waals surface area contributed by atoms with Crippen molar-refractivity contribution in [3.8, 4) is 11.8 Å². The van der Waals surface area contributed by atoms with Gasteiger partial charge in [-0.05, 0) is 24.3 Å². The monoisotopic (exact) mass is 276 g/mol. The summed E-state index contributed by atoms with van der Waals surface area (Å²) in [5.74, 6) is 1.84. The van der Waals surface area contributed by atoms with E-state index in [1.54, 1.807) is 24.3 Å². The maximum Gasteiger partial charge on any atom is 0.276 e. The fourth-order valence-corrected chi connectivity index (χ4v) is 1.89. The summed E-state index contributed by atoms with van der Waals surface area (Å²) in [7, 11) is 0. The Labute approximate surface area is 114 Å². The van der Waals surface area contributed by atoms with Crippen LogP contribution in [0.4, 0.5) is 0 Å². The number of aromatic nitrogens is 2. The van der Waals surface area contributed by atoms with Crippen molar-refractivity contribution in [2.24, 2.45) is 5.73 Å². The smallest absolute Gasteiger partial charge is 0.276 e. The first-order valence-corrected chi connectivity index (χ1v) is 6.58. The Morgan fingerprint density at radius 2 is 2.11 bits per heavy atom. The lowest BCUT2D eigenvalue weighted by molar-refractivity contribution is 0.342. The molecule has 0 unspecified atom stereocenters. The normalized spacial score (nSPS) is 10.1. The highest BCUT2D eigenvalue weighted by atomic mass is 32.2. The number of nitriles is 1. The molecule has 1 aromatic heterocycles. The molecule has 1 aromatic carbocycles. The Morgan fingerprint density at radius 1 is 1.32 bits per heavy atom. The van der Waals surface area contributed by atoms with Gasteiger partial charge in [-0.15, -0.1) is 10.2 Å². The van der Waals surface area contributed by atoms with Crippen molar-refractivity contribution >= 4 is 11.8 Å². The quantitative estimate of drug-likeness (QED) is 0.631. The second-order valence-electron chi connectivity index (χ2n) is 3.50. The summed E-state index contributed by atoms with van der Waals surface area (Å²) in [5, 5.41) is 16.7. The van der Waals surface area contributed by atoms with E-state index in [4.69, 9.17) is 20.1 Å². The summed E-state index contributed by atoms with van der Waals surface area (Å²) in [6.45, 7) is 0.756. The van der Waals surface area contributed by atoms with Crippen molar-refractivity contribution in [3.05, 3.63) is 35.7 Å². The Balaban J connectivity index is 1.72. The Kier molecular flexibility index (Phi) is 4.78. The minimum Gasteiger partial charge on any atom is -0.493 e. The number of rotatable bonds is 6. The van der Waals surface area contributed by atoms with Crippen LogP contribution in [0.2, 0.25) is 0 Å². The predicted molar refractivity (Wildman–Crippen MR) is 69.6 cm³/mol. The lowest BCUT2D eigenvalue weighted by Gasteiger charge is -2.04. The second kappa shape index (κ2) is 6.78. The topological polar surface area (TPSA) is 98.0 Å². The largest absolute Gasteiger partial charge is 0.493 e. The fraction of sp³-hybridized carbons (Fsp3) is 0.250. The van der Waals surface area contributed by atoms with Gasteiger partial charge in [-0.2, -0.15) is 5.26 Å². The van der Waals surface area contributed by atoms with Crippen molar-refractivity contribution in [1.29, 1.82) is 5.26 Å². The molecule has 1 heterocycles. The van der Waals surface area contributed by atoms with Gasteiger partial charge in [0.05, 0.1) is 24.8 Å². The molecular weight excluding hydrogens is 264 g/mol. The summed E-state index contributed by atoms with van der Waals surface area (Å²) in [6.07, 6.45) is 0. The van der Waals surface area contributed by atoms with Gasteiger partial charge in [0, 0.05) is 5.75 Å². The number of thioether (sulfide) groups is 1. The molecule has 0 fully saturated rings. The van der Waals surface area contributed by atoms with E-state index in [2.05, 4.69) is 16.3 Å². The zero-order valence-corrected chi connectivity index (χ0v) is 10.9. The summed E-state index contributed by atoms with van der Waals surface area (Å²) < 4.78 is 10.8. The zero-order valence-electron chi connectivity index (χ0n) is 10.1. The third-order valence-electron chi connectivity index (χ3n) is 2.18. The van der Waals surface area contributed by atoms with Gasteiger partial charge in [-0.25, -0.2) is 0 Å². The van der Waals surface area contributed by atoms with Gasteiger partial charge in [0.1, 0.15) is 5.75 Å². The van der Waals surface area contributed by atoms with Gasteiger partial charge in [0.25, 0.3) is 5.22 Å². The van der Waals surface area contributed by atoms with Gasteiger partial charge in [-0.1, -0.05) is 11.8 Å². The average Bonchev–Trinajstić information content (AvgIpc) is 2.92. The molecule has 7 heteroatoms. The second-order valence-corrected chi connectivity index (χ2v) is 4.55. The first kappa shape index (κ1) is 13.4. The maximum absolute atomic E-state index is 8.66. The molecule has 0 radical (unpaired) electrons. The van der Waals surface area contributed by atoms with E-state index >= 15 is 0 Å². The van der Waals surface area contributed by atoms with Crippen LogP contribution in [0.15, 0.2) is 33.9 Å². The van der Waals surface area contributed by atoms with Gasteiger partial charge >= 0.3 is 0 Å². The van der Waals surface area contributed by atoms with E-state index in [9.17, 15) is 0 Å². The first-order chi connectivity index (χ1) is 9.31. The molecule has 19 heavy (non-hydrogen) atoms. The molecule has 0 spiro atoms. The zero-order chi connectivity index (χ0) is 13.5. The van der Waals surface area contributed by atoms with E-state index < -0.39 is 0 Å². The molecule has 2 aromatic rings. The number of ether oxygens (including phenoxy) is 1. The van der Waals surface area contributed by atoms with Gasteiger partial charge in [-0.3, -0.25) is 0 Å². The molecule has 2 rings (SSSR count). The molecule has 0 atom stereocenters. The van der Waals surface area contributed by atoms with Gasteiger partial charge in [0.2, 0.25) is 5.89 Å². The predicted octanol–water partition coefficient (Wildman–Crippen LogP) is 1.57. The lowest BCUT2D eigenvalue weighted by atomic mass is 10.2. The van der Waals surface area contributed by atoms with Gasteiger partial charge < -0.3 is 14.9 Å². The number of benzene rings is 1. The number of nitrogens with zero attached hydrogens (tertiary/aromatic N) is 3. The molecule has 6 nitrogen and oxygen atoms in total. The Hall–Kier alpha value is -2.04. The molecule has 0 aliphatic rings. The van der Waals surface area contributed by atoms with Crippen LogP contribution in [-0.2, 0) is 6.54 Å². The highest BCUT2D eigenvalue weighted by Gasteiger charge is 2.04. The molecular formula is C12H12N4O2S. The third-order valence-corrected chi connectivity index (χ3v) is 2.97. The fourth-order valence-electron chi connectivity index (χ4n) is 1.29. The summed E-state index contributed by atoms with van der Waals surface area (Å²) in [4.78, 5) is 0. The number of hydrogen-bond acceptors (Lipinski definition) is 7. The van der Waals surface area contributed by atoms with Crippen LogP contribution < -0.4 is 10.5 Å². The average molecular weight is 276 g/mol. The van der Waals surface area contributed by atoms with Crippen LogP contribution >= 0.6 is 11.8 Å². The van der Waals surface area contributed by atoms with Crippen molar-refractivity contribution in [2.45, 2.75) is 11.8 Å². The van der Waals surface area contributed by atoms with E-state index in [1.165, 1.54) is 11.8 Å². The van der Waals surface area contributed by atoms with Crippen molar-refractivity contribution in [2.75, 3.05) is 12.4 Å². The van der Waals surface area contributed by atoms with Crippen LogP contribution in [0.3, 0.4) is 0 Å². The molecule has 0 saturated carbocycles. The van der Waals surface area contributed by atoms with Crippen molar-refractivity contribution in [1.82, 2.24) is 10.2 Å². The number of hydrogen-bond donors (Lipinski definition) is 1. The Bertz CT molecular complexity index is 562. The van der Waals surface area contributed by atoms with Gasteiger partial charge in [0.15, 0.2) is 0 Å². The maximum atomic E-state index is 8.66. The third kappa shape index (κ3) is 3.98. The summed E-state index contributed by atoms with van der Waals surface area (Å²) in [6, 6.07) is 9.02. The van der Waals surface area contributed by atoms with E-state index in [1.807, 2.05) is 0 Å². The lowest BCUT2D eigenvalue weighted by Crippen LogP contribution is -1.99. The molecule has 0 amide bonds. The molecule has 0 aliphatic heterocycles. The highest BCUT2D eigenvalue weighted by Crippen LogP contribution is 2.17. The SMILES string of the molecule is N#Cc1ccc(OCCSc2nnc(CN)o2)cc1. The molecule has 0 bridgehead atoms. The van der Waals surface area contributed by atoms with E-state index in [0.717, 1.165) is 5.75 Å². The van der Waals surface area contributed by atoms with E-state index in [-0.39, 0.29) is 6.54 Å². The molecule has 2 N–H and O–H groups in total. The minimum atomic E-state index is 0.245. The van der Waals surface area contributed by atoms with Crippen LogP contribution in [0.25, 0.3) is 0 Å². The van der Waals surface area contributed by atoms with Crippen LogP contribution in [0.5, 0.6) is 5.75 Å². The molecule has 0 aliphatic carbocycles. The summed E-state index contributed by atoms with van der Waals surface area (Å²) in [5.41, 5.74) is 5.98. The van der Waals surface area contributed by atoms with Crippen molar-refractivity contribution < 1.29 is 9.15 Å². The van der Waals surface area contributed by atoms with E-state index in [0.29, 0.717) is 29.0 Å². The molecule has 98 valence electrons. The number of nitrogens with two attached hydrogens (primary N) is 1. The standard InChI is InChI=1S/C12H12N4O2S/c13-7-9-1-3-10(4-2-9)17-5-6-19-12-16-15-11(8-14)18-12/h1-4H,5-6,8,14H2. The van der Waals surface area contributed by atoms with Crippen LogP contribution in [0, 0.1) is 11.3 Å². The molecule has 0 saturated heterocycles. The first-order valence-electron chi connectivity index (χ1n) is 5.60. The highest BCUT2D eigenvalue weighted by molar-refractivity contribution is 7.99. The Morgan fingerprint density at radius 3 is 2.74 bits per heavy atom. The minimum absolute atomic E-state index is 0.245. The summed E-state index contributed by atoms with van der Waals surface area (Å²) >= 11 is 1.41. The van der Waals surface area contributed by atoms with Crippen LogP contribution in [0.1, 0.15) is 11.5 Å². The van der Waals surface area contributed by atoms with Crippen LogP contribution in [-0.4, -0.2) is 22.6 Å².